The molecule has 0 bridgehead atoms. The summed E-state index contributed by atoms with van der Waals surface area (Å²) in [5.74, 6) is 1.95. The monoisotopic (exact) mass is 259 g/mol. The van der Waals surface area contributed by atoms with Crippen molar-refractivity contribution >= 4 is 10.9 Å². The van der Waals surface area contributed by atoms with E-state index in [-0.39, 0.29) is 5.56 Å². The molecule has 0 fully saturated rings. The number of aromatic amines is 1. The van der Waals surface area contributed by atoms with Crippen LogP contribution in [0, 0.1) is 11.8 Å². The Morgan fingerprint density at radius 2 is 2.00 bits per heavy atom. The van der Waals surface area contributed by atoms with Gasteiger partial charge < -0.3 is 10.3 Å². The molecule has 0 saturated carbocycles. The molecule has 0 aliphatic carbocycles. The summed E-state index contributed by atoms with van der Waals surface area (Å²) in [5, 5.41) is 3.98. The number of benzene rings is 1. The normalized spacial score (nSPS) is 13.1. The van der Waals surface area contributed by atoms with Gasteiger partial charge in [0.1, 0.15) is 5.82 Å². The van der Waals surface area contributed by atoms with E-state index in [2.05, 4.69) is 36.1 Å². The lowest BCUT2D eigenvalue weighted by Crippen LogP contribution is -2.26. The Kier molecular flexibility index (Phi) is 4.32. The van der Waals surface area contributed by atoms with Crippen molar-refractivity contribution in [2.24, 2.45) is 11.8 Å². The minimum atomic E-state index is -0.0701. The van der Waals surface area contributed by atoms with Gasteiger partial charge in [0.05, 0.1) is 17.4 Å². The Bertz CT molecular complexity index is 604. The molecular weight excluding hydrogens is 238 g/mol. The minimum Gasteiger partial charge on any atom is -0.310 e. The number of rotatable bonds is 5. The number of nitrogens with one attached hydrogen (secondary N) is 2. The van der Waals surface area contributed by atoms with Gasteiger partial charge in [-0.25, -0.2) is 4.98 Å². The zero-order valence-electron chi connectivity index (χ0n) is 11.7. The summed E-state index contributed by atoms with van der Waals surface area (Å²) in [4.78, 5) is 19.2. The second kappa shape index (κ2) is 5.97. The van der Waals surface area contributed by atoms with Crippen LogP contribution >= 0.6 is 0 Å². The lowest BCUT2D eigenvalue weighted by molar-refractivity contribution is 0.390. The largest absolute Gasteiger partial charge is 0.310 e. The van der Waals surface area contributed by atoms with Gasteiger partial charge in [0.25, 0.3) is 5.56 Å². The van der Waals surface area contributed by atoms with Gasteiger partial charge in [0, 0.05) is 0 Å². The Hall–Kier alpha value is -1.68. The zero-order valence-corrected chi connectivity index (χ0v) is 11.7. The van der Waals surface area contributed by atoms with E-state index >= 15 is 0 Å². The van der Waals surface area contributed by atoms with Crippen LogP contribution in [0.2, 0.25) is 0 Å². The van der Waals surface area contributed by atoms with E-state index in [9.17, 15) is 4.79 Å². The molecule has 2 aromatic rings. The minimum absolute atomic E-state index is 0.0701. The quantitative estimate of drug-likeness (QED) is 0.866. The number of nitrogens with zero attached hydrogens (tertiary/aromatic N) is 1. The lowest BCUT2D eigenvalue weighted by Gasteiger charge is -2.15. The van der Waals surface area contributed by atoms with Crippen molar-refractivity contribution < 1.29 is 0 Å². The summed E-state index contributed by atoms with van der Waals surface area (Å²) in [6.07, 6.45) is 0. The average molecular weight is 259 g/mol. The number of aromatic nitrogens is 2. The molecule has 1 atom stereocenters. The zero-order chi connectivity index (χ0) is 13.8. The number of para-hydroxylation sites is 1. The van der Waals surface area contributed by atoms with Crippen LogP contribution in [-0.2, 0) is 6.54 Å². The van der Waals surface area contributed by atoms with E-state index in [0.29, 0.717) is 29.6 Å². The molecule has 102 valence electrons. The summed E-state index contributed by atoms with van der Waals surface area (Å²) < 4.78 is 0. The van der Waals surface area contributed by atoms with Crippen LogP contribution in [0.1, 0.15) is 26.6 Å². The molecule has 19 heavy (non-hydrogen) atoms. The first-order valence-electron chi connectivity index (χ1n) is 6.76. The first-order chi connectivity index (χ1) is 9.08. The molecule has 4 heteroatoms. The van der Waals surface area contributed by atoms with Crippen LogP contribution in [0.25, 0.3) is 10.9 Å². The average Bonchev–Trinajstić information content (AvgIpc) is 2.38. The third-order valence-electron chi connectivity index (χ3n) is 3.56. The van der Waals surface area contributed by atoms with Crippen LogP contribution in [0.15, 0.2) is 29.1 Å². The maximum atomic E-state index is 11.9. The molecular formula is C15H21N3O. The Balaban J connectivity index is 2.08. The summed E-state index contributed by atoms with van der Waals surface area (Å²) in [6, 6.07) is 7.40. The molecule has 2 N–H and O–H groups in total. The van der Waals surface area contributed by atoms with E-state index < -0.39 is 0 Å². The SMILES string of the molecule is CC(C)C(C)CNCc1nc2ccccc2c(=O)[nH]1. The molecule has 0 saturated heterocycles. The van der Waals surface area contributed by atoms with Crippen LogP contribution in [-0.4, -0.2) is 16.5 Å². The number of hydrogen-bond donors (Lipinski definition) is 2. The highest BCUT2D eigenvalue weighted by molar-refractivity contribution is 5.77. The van der Waals surface area contributed by atoms with Gasteiger partial charge >= 0.3 is 0 Å². The van der Waals surface area contributed by atoms with Crippen LogP contribution < -0.4 is 10.9 Å². The van der Waals surface area contributed by atoms with Crippen molar-refractivity contribution in [1.82, 2.24) is 15.3 Å². The van der Waals surface area contributed by atoms with Gasteiger partial charge in [0.15, 0.2) is 0 Å². The van der Waals surface area contributed by atoms with E-state index in [1.807, 2.05) is 18.2 Å². The van der Waals surface area contributed by atoms with E-state index in [4.69, 9.17) is 0 Å². The highest BCUT2D eigenvalue weighted by Crippen LogP contribution is 2.08. The number of fused-ring (bicyclic) bond motifs is 1. The maximum absolute atomic E-state index is 11.9. The second-order valence-corrected chi connectivity index (χ2v) is 5.38. The maximum Gasteiger partial charge on any atom is 0.258 e. The molecule has 0 aliphatic rings. The Labute approximate surface area is 113 Å². The Morgan fingerprint density at radius 1 is 1.26 bits per heavy atom. The van der Waals surface area contributed by atoms with Crippen LogP contribution in [0.4, 0.5) is 0 Å². The van der Waals surface area contributed by atoms with Gasteiger partial charge in [-0.2, -0.15) is 0 Å². The summed E-state index contributed by atoms with van der Waals surface area (Å²) in [5.41, 5.74) is 0.680. The summed E-state index contributed by atoms with van der Waals surface area (Å²) >= 11 is 0. The first kappa shape index (κ1) is 13.7. The molecule has 0 aliphatic heterocycles. The number of H-pyrrole nitrogens is 1. The van der Waals surface area contributed by atoms with Gasteiger partial charge in [-0.1, -0.05) is 32.9 Å². The standard InChI is InChI=1S/C15H21N3O/c1-10(2)11(3)8-16-9-14-17-13-7-5-4-6-12(13)15(19)18-14/h4-7,10-11,16H,8-9H2,1-3H3,(H,17,18,19). The third kappa shape index (κ3) is 3.41. The van der Waals surface area contributed by atoms with E-state index in [1.165, 1.54) is 0 Å². The van der Waals surface area contributed by atoms with Gasteiger partial charge in [-0.15, -0.1) is 0 Å². The highest BCUT2D eigenvalue weighted by atomic mass is 16.1. The first-order valence-corrected chi connectivity index (χ1v) is 6.76. The van der Waals surface area contributed by atoms with Gasteiger partial charge in [-0.05, 0) is 30.5 Å². The third-order valence-corrected chi connectivity index (χ3v) is 3.56. The molecule has 2 rings (SSSR count). The van der Waals surface area contributed by atoms with Gasteiger partial charge in [-0.3, -0.25) is 4.79 Å². The molecule has 0 radical (unpaired) electrons. The summed E-state index contributed by atoms with van der Waals surface area (Å²) in [6.45, 7) is 8.16. The fourth-order valence-electron chi connectivity index (χ4n) is 1.87. The predicted octanol–water partition coefficient (Wildman–Crippen LogP) is 2.30. The highest BCUT2D eigenvalue weighted by Gasteiger charge is 2.07. The summed E-state index contributed by atoms with van der Waals surface area (Å²) in [7, 11) is 0. The van der Waals surface area contributed by atoms with Gasteiger partial charge in [0.2, 0.25) is 0 Å². The fourth-order valence-corrected chi connectivity index (χ4v) is 1.87. The molecule has 0 spiro atoms. The van der Waals surface area contributed by atoms with Crippen LogP contribution in [0.3, 0.4) is 0 Å². The fraction of sp³-hybridized carbons (Fsp3) is 0.467. The molecule has 1 aromatic heterocycles. The second-order valence-electron chi connectivity index (χ2n) is 5.38. The smallest absolute Gasteiger partial charge is 0.258 e. The van der Waals surface area contributed by atoms with E-state index in [1.54, 1.807) is 6.07 Å². The predicted molar refractivity (Wildman–Crippen MR) is 78.1 cm³/mol. The van der Waals surface area contributed by atoms with Crippen molar-refractivity contribution in [3.05, 3.63) is 40.4 Å². The van der Waals surface area contributed by atoms with Crippen molar-refractivity contribution in [2.75, 3.05) is 6.54 Å². The van der Waals surface area contributed by atoms with Crippen LogP contribution in [0.5, 0.6) is 0 Å². The topological polar surface area (TPSA) is 57.8 Å². The van der Waals surface area contributed by atoms with Crippen molar-refractivity contribution in [3.8, 4) is 0 Å². The molecule has 0 amide bonds. The van der Waals surface area contributed by atoms with Crippen molar-refractivity contribution in [3.63, 3.8) is 0 Å². The molecule has 1 aromatic carbocycles. The Morgan fingerprint density at radius 3 is 2.74 bits per heavy atom. The van der Waals surface area contributed by atoms with Crippen molar-refractivity contribution in [2.45, 2.75) is 27.3 Å². The van der Waals surface area contributed by atoms with E-state index in [0.717, 1.165) is 12.1 Å². The molecule has 4 nitrogen and oxygen atoms in total. The molecule has 1 unspecified atom stereocenters. The lowest BCUT2D eigenvalue weighted by atomic mass is 9.98. The molecule has 1 heterocycles. The number of hydrogen-bond acceptors (Lipinski definition) is 3. The van der Waals surface area contributed by atoms with Crippen molar-refractivity contribution in [1.29, 1.82) is 0 Å².